The third-order valence-electron chi connectivity index (χ3n) is 3.07. The molecule has 0 N–H and O–H groups in total. The van der Waals surface area contributed by atoms with E-state index < -0.39 is 0 Å². The van der Waals surface area contributed by atoms with Crippen molar-refractivity contribution in [3.05, 3.63) is 0 Å². The van der Waals surface area contributed by atoms with E-state index in [-0.39, 0.29) is 17.3 Å². The lowest BCUT2D eigenvalue weighted by Gasteiger charge is -2.40. The number of hydrogen-bond donors (Lipinski definition) is 0. The molecule has 1 aliphatic heterocycles. The Labute approximate surface area is 80.6 Å². The Morgan fingerprint density at radius 1 is 1.23 bits per heavy atom. The lowest BCUT2D eigenvalue weighted by atomic mass is 9.82. The summed E-state index contributed by atoms with van der Waals surface area (Å²) < 4.78 is 11.9. The minimum Gasteiger partial charge on any atom is -0.346 e. The van der Waals surface area contributed by atoms with Gasteiger partial charge in [0.25, 0.3) is 0 Å². The lowest BCUT2D eigenvalue weighted by Crippen LogP contribution is -2.46. The first-order valence-electron chi connectivity index (χ1n) is 5.27. The zero-order chi connectivity index (χ0) is 9.69. The zero-order valence-electron chi connectivity index (χ0n) is 9.09. The van der Waals surface area contributed by atoms with Crippen molar-refractivity contribution >= 4 is 0 Å². The van der Waals surface area contributed by atoms with Crippen LogP contribution in [0.5, 0.6) is 0 Å². The summed E-state index contributed by atoms with van der Waals surface area (Å²) in [5.41, 5.74) is 0.0962. The van der Waals surface area contributed by atoms with Crippen LogP contribution in [-0.2, 0) is 9.47 Å². The topological polar surface area (TPSA) is 18.5 Å². The summed E-state index contributed by atoms with van der Waals surface area (Å²) in [6.07, 6.45) is 2.80. The van der Waals surface area contributed by atoms with E-state index in [1.165, 1.54) is 12.8 Å². The molecule has 2 fully saturated rings. The molecule has 0 radical (unpaired) electrons. The van der Waals surface area contributed by atoms with E-state index in [0.717, 1.165) is 6.61 Å². The Morgan fingerprint density at radius 2 is 1.85 bits per heavy atom. The molecule has 0 aromatic rings. The fraction of sp³-hybridized carbons (Fsp3) is 1.00. The molecule has 0 aromatic carbocycles. The monoisotopic (exact) mass is 184 g/mol. The fourth-order valence-electron chi connectivity index (χ4n) is 2.29. The van der Waals surface area contributed by atoms with Gasteiger partial charge in [-0.1, -0.05) is 20.8 Å². The van der Waals surface area contributed by atoms with Crippen LogP contribution in [0.25, 0.3) is 0 Å². The Morgan fingerprint density at radius 3 is 2.15 bits per heavy atom. The minimum absolute atomic E-state index is 0.0962. The molecule has 2 atom stereocenters. The molecule has 1 saturated carbocycles. The smallest absolute Gasteiger partial charge is 0.176 e. The van der Waals surface area contributed by atoms with Gasteiger partial charge in [-0.2, -0.15) is 0 Å². The first-order valence-corrected chi connectivity index (χ1v) is 5.27. The summed E-state index contributed by atoms with van der Waals surface area (Å²) in [7, 11) is 0. The molecule has 0 bridgehead atoms. The first kappa shape index (κ1) is 9.47. The van der Waals surface area contributed by atoms with Crippen molar-refractivity contribution in [2.75, 3.05) is 6.61 Å². The maximum absolute atomic E-state index is 6.02. The van der Waals surface area contributed by atoms with E-state index >= 15 is 0 Å². The summed E-state index contributed by atoms with van der Waals surface area (Å²) in [4.78, 5) is 0. The molecule has 1 aliphatic carbocycles. The van der Waals surface area contributed by atoms with Crippen molar-refractivity contribution < 1.29 is 9.47 Å². The third-order valence-corrected chi connectivity index (χ3v) is 3.07. The van der Waals surface area contributed by atoms with Gasteiger partial charge in [0.05, 0.1) is 12.7 Å². The summed E-state index contributed by atoms with van der Waals surface area (Å²) in [5.74, 6) is 0.351. The van der Waals surface area contributed by atoms with Crippen molar-refractivity contribution in [1.29, 1.82) is 0 Å². The van der Waals surface area contributed by atoms with E-state index in [9.17, 15) is 0 Å². The molecule has 1 heterocycles. The van der Waals surface area contributed by atoms with Gasteiger partial charge < -0.3 is 9.47 Å². The van der Waals surface area contributed by atoms with Crippen LogP contribution in [-0.4, -0.2) is 18.5 Å². The SMILES string of the molecule is C[C@@H]1CO[C@@](C2CC2)(C(C)(C)C)O1. The molecule has 2 rings (SSSR count). The highest BCUT2D eigenvalue weighted by molar-refractivity contribution is 4.99. The van der Waals surface area contributed by atoms with Crippen LogP contribution in [0.15, 0.2) is 0 Å². The Hall–Kier alpha value is -0.0800. The molecule has 2 aliphatic rings. The molecular weight excluding hydrogens is 164 g/mol. The maximum Gasteiger partial charge on any atom is 0.176 e. The Bertz CT molecular complexity index is 203. The third kappa shape index (κ3) is 1.40. The Balaban J connectivity index is 2.21. The van der Waals surface area contributed by atoms with E-state index in [4.69, 9.17) is 9.47 Å². The van der Waals surface area contributed by atoms with Gasteiger partial charge in [-0.3, -0.25) is 0 Å². The molecule has 0 amide bonds. The summed E-state index contributed by atoms with van der Waals surface area (Å²) in [5, 5.41) is 0. The lowest BCUT2D eigenvalue weighted by molar-refractivity contribution is -0.244. The summed E-state index contributed by atoms with van der Waals surface area (Å²) in [6, 6.07) is 0. The molecule has 2 heteroatoms. The van der Waals surface area contributed by atoms with Gasteiger partial charge in [-0.05, 0) is 19.8 Å². The van der Waals surface area contributed by atoms with Crippen molar-refractivity contribution in [2.45, 2.75) is 52.4 Å². The van der Waals surface area contributed by atoms with Crippen LogP contribution in [0.1, 0.15) is 40.5 Å². The van der Waals surface area contributed by atoms with Gasteiger partial charge in [0.15, 0.2) is 5.79 Å². The molecule has 0 spiro atoms. The van der Waals surface area contributed by atoms with Gasteiger partial charge in [0.1, 0.15) is 0 Å². The molecule has 76 valence electrons. The molecular formula is C11H20O2. The number of rotatable bonds is 1. The van der Waals surface area contributed by atoms with Crippen LogP contribution in [0, 0.1) is 11.3 Å². The average molecular weight is 184 g/mol. The molecule has 13 heavy (non-hydrogen) atoms. The average Bonchev–Trinajstić information content (AvgIpc) is 2.74. The minimum atomic E-state index is -0.285. The van der Waals surface area contributed by atoms with Gasteiger partial charge in [-0.15, -0.1) is 0 Å². The largest absolute Gasteiger partial charge is 0.346 e. The van der Waals surface area contributed by atoms with E-state index in [1.807, 2.05) is 0 Å². The molecule has 0 unspecified atom stereocenters. The quantitative estimate of drug-likeness (QED) is 0.623. The van der Waals surface area contributed by atoms with Gasteiger partial charge in [0.2, 0.25) is 0 Å². The van der Waals surface area contributed by atoms with E-state index in [2.05, 4.69) is 27.7 Å². The zero-order valence-corrected chi connectivity index (χ0v) is 9.09. The highest BCUT2D eigenvalue weighted by atomic mass is 16.7. The number of ether oxygens (including phenoxy) is 2. The van der Waals surface area contributed by atoms with Crippen molar-refractivity contribution in [3.8, 4) is 0 Å². The maximum atomic E-state index is 6.02. The second-order valence-corrected chi connectivity index (χ2v) is 5.43. The van der Waals surface area contributed by atoms with E-state index in [0.29, 0.717) is 5.92 Å². The number of hydrogen-bond acceptors (Lipinski definition) is 2. The predicted molar refractivity (Wildman–Crippen MR) is 51.4 cm³/mol. The van der Waals surface area contributed by atoms with Gasteiger partial charge in [0, 0.05) is 11.3 Å². The molecule has 0 aromatic heterocycles. The van der Waals surface area contributed by atoms with Crippen LogP contribution in [0.3, 0.4) is 0 Å². The molecule has 2 nitrogen and oxygen atoms in total. The van der Waals surface area contributed by atoms with Gasteiger partial charge in [-0.25, -0.2) is 0 Å². The van der Waals surface area contributed by atoms with E-state index in [1.54, 1.807) is 0 Å². The second-order valence-electron chi connectivity index (χ2n) is 5.43. The normalized spacial score (nSPS) is 41.1. The fourth-order valence-corrected chi connectivity index (χ4v) is 2.29. The van der Waals surface area contributed by atoms with Crippen LogP contribution in [0.2, 0.25) is 0 Å². The van der Waals surface area contributed by atoms with Crippen LogP contribution >= 0.6 is 0 Å². The summed E-state index contributed by atoms with van der Waals surface area (Å²) >= 11 is 0. The van der Waals surface area contributed by atoms with Crippen LogP contribution < -0.4 is 0 Å². The van der Waals surface area contributed by atoms with Crippen molar-refractivity contribution in [3.63, 3.8) is 0 Å². The highest BCUT2D eigenvalue weighted by Crippen LogP contribution is 2.54. The molecule has 1 saturated heterocycles. The van der Waals surface area contributed by atoms with Crippen molar-refractivity contribution in [2.24, 2.45) is 11.3 Å². The first-order chi connectivity index (χ1) is 5.96. The van der Waals surface area contributed by atoms with Gasteiger partial charge >= 0.3 is 0 Å². The van der Waals surface area contributed by atoms with Crippen molar-refractivity contribution in [1.82, 2.24) is 0 Å². The highest BCUT2D eigenvalue weighted by Gasteiger charge is 2.58. The summed E-state index contributed by atoms with van der Waals surface area (Å²) in [6.45, 7) is 9.49. The Kier molecular flexibility index (Phi) is 1.97. The standard InChI is InChI=1S/C11H20O2/c1-8-7-12-11(13-8,9-5-6-9)10(2,3)4/h8-9H,5-7H2,1-4H3/t8-,11-/m1/s1. The second kappa shape index (κ2) is 2.71. The predicted octanol–water partition coefficient (Wildman–Crippen LogP) is 2.57. The van der Waals surface area contributed by atoms with Crippen LogP contribution in [0.4, 0.5) is 0 Å².